The van der Waals surface area contributed by atoms with Gasteiger partial charge in [0.05, 0.1) is 17.0 Å². The van der Waals surface area contributed by atoms with Crippen molar-refractivity contribution in [1.29, 1.82) is 0 Å². The summed E-state index contributed by atoms with van der Waals surface area (Å²) >= 11 is 0. The topological polar surface area (TPSA) is 102 Å². The molecule has 0 radical (unpaired) electrons. The van der Waals surface area contributed by atoms with Gasteiger partial charge in [0, 0.05) is 12.2 Å². The summed E-state index contributed by atoms with van der Waals surface area (Å²) in [6.07, 6.45) is -0.461. The molecule has 1 unspecified atom stereocenters. The van der Waals surface area contributed by atoms with Crippen molar-refractivity contribution in [2.45, 2.75) is 26.1 Å². The number of carbonyl (C=O) groups excluding carboxylic acids is 2. The average Bonchev–Trinajstić information content (AvgIpc) is 3.23. The van der Waals surface area contributed by atoms with Crippen LogP contribution < -0.4 is 14.4 Å². The molecule has 3 aromatic carbocycles. The Morgan fingerprint density at radius 3 is 2.29 bits per heavy atom. The fourth-order valence-corrected chi connectivity index (χ4v) is 5.16. The smallest absolute Gasteiger partial charge is 0.338 e. The first kappa shape index (κ1) is 24.3. The minimum atomic E-state index is -3.30. The molecular formula is C26H26N2O6S. The molecule has 1 aliphatic heterocycles. The Balaban J connectivity index is 1.28. The molecule has 3 aromatic rings. The van der Waals surface area contributed by atoms with Crippen LogP contribution >= 0.6 is 0 Å². The standard InChI is InChI=1S/C26H26N2O6S/c1-19(34-26(30)21-8-12-23(13-9-21)28-16-5-17-35(28,31)32)25(29)27-22-10-14-24(15-11-22)33-18-20-6-3-2-4-7-20/h2-4,6-15,19H,5,16-18H2,1H3,(H,27,29). The number of esters is 1. The van der Waals surface area contributed by atoms with Crippen molar-refractivity contribution in [1.82, 2.24) is 0 Å². The summed E-state index contributed by atoms with van der Waals surface area (Å²) in [5, 5.41) is 2.71. The fourth-order valence-electron chi connectivity index (χ4n) is 3.59. The lowest BCUT2D eigenvalue weighted by Crippen LogP contribution is -2.30. The second-order valence-corrected chi connectivity index (χ2v) is 10.1. The van der Waals surface area contributed by atoms with Gasteiger partial charge < -0.3 is 14.8 Å². The predicted octanol–water partition coefficient (Wildman–Crippen LogP) is 3.99. The maximum Gasteiger partial charge on any atom is 0.338 e. The number of anilines is 2. The molecule has 0 aromatic heterocycles. The van der Waals surface area contributed by atoms with Crippen LogP contribution in [0.15, 0.2) is 78.9 Å². The van der Waals surface area contributed by atoms with Gasteiger partial charge >= 0.3 is 5.97 Å². The van der Waals surface area contributed by atoms with Gasteiger partial charge in [-0.3, -0.25) is 9.10 Å². The van der Waals surface area contributed by atoms with Gasteiger partial charge in [-0.25, -0.2) is 13.2 Å². The van der Waals surface area contributed by atoms with Crippen LogP contribution in [0.4, 0.5) is 11.4 Å². The van der Waals surface area contributed by atoms with E-state index in [4.69, 9.17) is 9.47 Å². The molecule has 1 heterocycles. The van der Waals surface area contributed by atoms with Gasteiger partial charge in [0.15, 0.2) is 6.10 Å². The Bertz CT molecular complexity index is 1280. The third-order valence-corrected chi connectivity index (χ3v) is 7.38. The largest absolute Gasteiger partial charge is 0.489 e. The SMILES string of the molecule is CC(OC(=O)c1ccc(N2CCCS2(=O)=O)cc1)C(=O)Nc1ccc(OCc2ccccc2)cc1. The minimum Gasteiger partial charge on any atom is -0.489 e. The molecule has 0 bridgehead atoms. The van der Waals surface area contributed by atoms with Gasteiger partial charge in [-0.2, -0.15) is 0 Å². The van der Waals surface area contributed by atoms with Crippen LogP contribution in [-0.2, 0) is 26.2 Å². The number of amides is 1. The van der Waals surface area contributed by atoms with E-state index in [0.29, 0.717) is 36.7 Å². The molecule has 4 rings (SSSR count). The summed E-state index contributed by atoms with van der Waals surface area (Å²) in [4.78, 5) is 24.9. The minimum absolute atomic E-state index is 0.118. The molecule has 0 saturated carbocycles. The number of ether oxygens (including phenoxy) is 2. The van der Waals surface area contributed by atoms with Crippen LogP contribution in [0.25, 0.3) is 0 Å². The zero-order valence-electron chi connectivity index (χ0n) is 19.2. The summed E-state index contributed by atoms with van der Waals surface area (Å²) in [7, 11) is -3.30. The molecule has 1 fully saturated rings. The summed E-state index contributed by atoms with van der Waals surface area (Å²) in [5.41, 5.74) is 2.32. The first-order chi connectivity index (χ1) is 16.8. The number of rotatable bonds is 8. The van der Waals surface area contributed by atoms with Gasteiger partial charge in [-0.05, 0) is 67.4 Å². The summed E-state index contributed by atoms with van der Waals surface area (Å²) in [6.45, 7) is 2.34. The van der Waals surface area contributed by atoms with E-state index in [9.17, 15) is 18.0 Å². The number of nitrogens with one attached hydrogen (secondary N) is 1. The van der Waals surface area contributed by atoms with Crippen molar-refractivity contribution in [3.63, 3.8) is 0 Å². The molecule has 1 atom stereocenters. The van der Waals surface area contributed by atoms with E-state index < -0.39 is 28.0 Å². The number of carbonyl (C=O) groups is 2. The van der Waals surface area contributed by atoms with Crippen molar-refractivity contribution >= 4 is 33.3 Å². The van der Waals surface area contributed by atoms with Crippen molar-refractivity contribution in [3.8, 4) is 5.75 Å². The van der Waals surface area contributed by atoms with Gasteiger partial charge in [-0.1, -0.05) is 30.3 Å². The summed E-state index contributed by atoms with van der Waals surface area (Å²) < 4.78 is 36.4. The number of hydrogen-bond acceptors (Lipinski definition) is 6. The van der Waals surface area contributed by atoms with Crippen LogP contribution in [0, 0.1) is 0 Å². The van der Waals surface area contributed by atoms with Gasteiger partial charge in [0.25, 0.3) is 5.91 Å². The Hall–Kier alpha value is -3.85. The van der Waals surface area contributed by atoms with Gasteiger partial charge in [0.2, 0.25) is 10.0 Å². The predicted molar refractivity (Wildman–Crippen MR) is 133 cm³/mol. The quantitative estimate of drug-likeness (QED) is 0.475. The summed E-state index contributed by atoms with van der Waals surface area (Å²) in [6, 6.07) is 22.8. The molecular weight excluding hydrogens is 468 g/mol. The zero-order chi connectivity index (χ0) is 24.8. The van der Waals surface area contributed by atoms with Crippen molar-refractivity contribution < 1.29 is 27.5 Å². The van der Waals surface area contributed by atoms with Crippen LogP contribution in [0.2, 0.25) is 0 Å². The lowest BCUT2D eigenvalue weighted by molar-refractivity contribution is -0.123. The van der Waals surface area contributed by atoms with Crippen LogP contribution in [0.1, 0.15) is 29.3 Å². The number of nitrogens with zero attached hydrogens (tertiary/aromatic N) is 1. The second kappa shape index (κ2) is 10.6. The van der Waals surface area contributed by atoms with E-state index >= 15 is 0 Å². The van der Waals surface area contributed by atoms with Crippen molar-refractivity contribution in [2.24, 2.45) is 0 Å². The van der Waals surface area contributed by atoms with E-state index in [1.54, 1.807) is 36.4 Å². The average molecular weight is 495 g/mol. The first-order valence-electron chi connectivity index (χ1n) is 11.2. The van der Waals surface area contributed by atoms with Crippen molar-refractivity contribution in [2.75, 3.05) is 21.9 Å². The van der Waals surface area contributed by atoms with E-state index in [-0.39, 0.29) is 11.3 Å². The van der Waals surface area contributed by atoms with E-state index in [0.717, 1.165) is 5.56 Å². The Morgan fingerprint density at radius 2 is 1.66 bits per heavy atom. The summed E-state index contributed by atoms with van der Waals surface area (Å²) in [5.74, 6) is -0.368. The van der Waals surface area contributed by atoms with Crippen LogP contribution in [0.5, 0.6) is 5.75 Å². The monoisotopic (exact) mass is 494 g/mol. The number of hydrogen-bond donors (Lipinski definition) is 1. The first-order valence-corrected chi connectivity index (χ1v) is 12.8. The van der Waals surface area contributed by atoms with E-state index in [1.165, 1.54) is 23.4 Å². The highest BCUT2D eigenvalue weighted by molar-refractivity contribution is 7.93. The highest BCUT2D eigenvalue weighted by atomic mass is 32.2. The van der Waals surface area contributed by atoms with Crippen LogP contribution in [-0.4, -0.2) is 38.7 Å². The Kier molecular flexibility index (Phi) is 7.36. The van der Waals surface area contributed by atoms with Crippen molar-refractivity contribution in [3.05, 3.63) is 90.0 Å². The molecule has 1 N–H and O–H groups in total. The normalized spacial score (nSPS) is 15.3. The molecule has 0 spiro atoms. The molecule has 35 heavy (non-hydrogen) atoms. The van der Waals surface area contributed by atoms with E-state index in [2.05, 4.69) is 5.32 Å². The zero-order valence-corrected chi connectivity index (χ0v) is 20.0. The molecule has 8 nitrogen and oxygen atoms in total. The molecule has 1 saturated heterocycles. The fraction of sp³-hybridized carbons (Fsp3) is 0.231. The highest BCUT2D eigenvalue weighted by Gasteiger charge is 2.28. The van der Waals surface area contributed by atoms with Gasteiger partial charge in [0.1, 0.15) is 12.4 Å². The molecule has 0 aliphatic carbocycles. The molecule has 1 aliphatic rings. The molecule has 182 valence electrons. The van der Waals surface area contributed by atoms with E-state index in [1.807, 2.05) is 30.3 Å². The maximum atomic E-state index is 12.5. The lowest BCUT2D eigenvalue weighted by atomic mass is 10.2. The lowest BCUT2D eigenvalue weighted by Gasteiger charge is -2.17. The number of benzene rings is 3. The molecule has 9 heteroatoms. The van der Waals surface area contributed by atoms with Crippen LogP contribution in [0.3, 0.4) is 0 Å². The Morgan fingerprint density at radius 1 is 0.971 bits per heavy atom. The third kappa shape index (κ3) is 6.19. The maximum absolute atomic E-state index is 12.5. The Labute approximate surface area is 204 Å². The highest BCUT2D eigenvalue weighted by Crippen LogP contribution is 2.24. The third-order valence-electron chi connectivity index (χ3n) is 5.51. The second-order valence-electron chi connectivity index (χ2n) is 8.12. The molecule has 1 amide bonds. The number of sulfonamides is 1. The van der Waals surface area contributed by atoms with Gasteiger partial charge in [-0.15, -0.1) is 0 Å².